The second-order valence-corrected chi connectivity index (χ2v) is 6.55. The Bertz CT molecular complexity index is 875. The van der Waals surface area contributed by atoms with E-state index in [1.807, 2.05) is 0 Å². The van der Waals surface area contributed by atoms with Crippen molar-refractivity contribution in [2.24, 2.45) is 0 Å². The standard InChI is InChI=1S/C22H21F3O4/c1-3-28-20(26)18-13-14-21(22(23,24)25,16-9-11-17(27-2)12-10-16)29-19(18)15-7-5-4-6-8-15/h4-13,19H,3,14H2,1-2H3/t19-,21-/m1/s1. The van der Waals surface area contributed by atoms with Crippen molar-refractivity contribution in [2.75, 3.05) is 13.7 Å². The molecule has 1 aliphatic heterocycles. The first-order valence-corrected chi connectivity index (χ1v) is 9.13. The maximum absolute atomic E-state index is 14.3. The number of hydrogen-bond acceptors (Lipinski definition) is 4. The fraction of sp³-hybridized carbons (Fsp3) is 0.318. The van der Waals surface area contributed by atoms with E-state index < -0.39 is 30.3 Å². The Labute approximate surface area is 166 Å². The van der Waals surface area contributed by atoms with Gasteiger partial charge in [-0.1, -0.05) is 48.5 Å². The predicted octanol–water partition coefficient (Wildman–Crippen LogP) is 5.10. The zero-order valence-corrected chi connectivity index (χ0v) is 16.0. The van der Waals surface area contributed by atoms with Crippen molar-refractivity contribution in [3.63, 3.8) is 0 Å². The highest BCUT2D eigenvalue weighted by Crippen LogP contribution is 2.52. The van der Waals surface area contributed by atoms with Crippen LogP contribution in [-0.4, -0.2) is 25.9 Å². The largest absolute Gasteiger partial charge is 0.497 e. The van der Waals surface area contributed by atoms with Crippen LogP contribution in [-0.2, 0) is 19.9 Å². The highest BCUT2D eigenvalue weighted by molar-refractivity contribution is 5.90. The van der Waals surface area contributed by atoms with Crippen LogP contribution in [0.3, 0.4) is 0 Å². The average molecular weight is 406 g/mol. The molecule has 154 valence electrons. The van der Waals surface area contributed by atoms with Gasteiger partial charge in [0, 0.05) is 6.42 Å². The van der Waals surface area contributed by atoms with Gasteiger partial charge in [0.1, 0.15) is 11.9 Å². The van der Waals surface area contributed by atoms with Crippen molar-refractivity contribution < 1.29 is 32.2 Å². The van der Waals surface area contributed by atoms with Gasteiger partial charge in [-0.25, -0.2) is 4.79 Å². The van der Waals surface area contributed by atoms with Crippen LogP contribution in [0.15, 0.2) is 66.2 Å². The quantitative estimate of drug-likeness (QED) is 0.648. The summed E-state index contributed by atoms with van der Waals surface area (Å²) in [4.78, 5) is 12.4. The number of ether oxygens (including phenoxy) is 3. The summed E-state index contributed by atoms with van der Waals surface area (Å²) >= 11 is 0. The van der Waals surface area contributed by atoms with Crippen LogP contribution in [0.4, 0.5) is 13.2 Å². The van der Waals surface area contributed by atoms with E-state index in [1.165, 1.54) is 37.5 Å². The molecule has 0 spiro atoms. The van der Waals surface area contributed by atoms with Crippen LogP contribution in [0.5, 0.6) is 5.75 Å². The van der Waals surface area contributed by atoms with Gasteiger partial charge < -0.3 is 14.2 Å². The molecule has 7 heteroatoms. The molecular weight excluding hydrogens is 385 g/mol. The molecule has 0 saturated carbocycles. The Hall–Kier alpha value is -2.80. The van der Waals surface area contributed by atoms with Crippen LogP contribution in [0.25, 0.3) is 0 Å². The number of hydrogen-bond donors (Lipinski definition) is 0. The third-order valence-electron chi connectivity index (χ3n) is 4.84. The Morgan fingerprint density at radius 1 is 1.14 bits per heavy atom. The highest BCUT2D eigenvalue weighted by atomic mass is 19.4. The van der Waals surface area contributed by atoms with E-state index >= 15 is 0 Å². The first-order chi connectivity index (χ1) is 13.8. The third-order valence-corrected chi connectivity index (χ3v) is 4.84. The fourth-order valence-electron chi connectivity index (χ4n) is 3.35. The lowest BCUT2D eigenvalue weighted by Crippen LogP contribution is -2.48. The maximum atomic E-state index is 14.3. The first-order valence-electron chi connectivity index (χ1n) is 9.13. The third kappa shape index (κ3) is 4.00. The molecule has 0 bridgehead atoms. The summed E-state index contributed by atoms with van der Waals surface area (Å²) in [5.74, 6) is -0.254. The number of carbonyl (C=O) groups is 1. The Kier molecular flexibility index (Phi) is 5.98. The van der Waals surface area contributed by atoms with Crippen LogP contribution >= 0.6 is 0 Å². The van der Waals surface area contributed by atoms with Crippen molar-refractivity contribution in [1.29, 1.82) is 0 Å². The summed E-state index contributed by atoms with van der Waals surface area (Å²) in [7, 11) is 1.44. The summed E-state index contributed by atoms with van der Waals surface area (Å²) in [6.45, 7) is 1.75. The summed E-state index contributed by atoms with van der Waals surface area (Å²) in [6, 6.07) is 13.9. The molecule has 0 unspecified atom stereocenters. The molecule has 0 radical (unpaired) electrons. The molecule has 0 fully saturated rings. The lowest BCUT2D eigenvalue weighted by atomic mass is 9.84. The molecule has 0 aromatic heterocycles. The number of esters is 1. The number of halogens is 3. The molecule has 0 amide bonds. The topological polar surface area (TPSA) is 44.8 Å². The fourth-order valence-corrected chi connectivity index (χ4v) is 3.35. The molecule has 0 N–H and O–H groups in total. The molecule has 1 heterocycles. The van der Waals surface area contributed by atoms with Crippen LogP contribution in [0, 0.1) is 0 Å². The summed E-state index contributed by atoms with van der Waals surface area (Å²) in [5, 5.41) is 0. The number of carbonyl (C=O) groups excluding carboxylic acids is 1. The number of methoxy groups -OCH3 is 1. The van der Waals surface area contributed by atoms with Gasteiger partial charge in [0.25, 0.3) is 0 Å². The Morgan fingerprint density at radius 3 is 2.34 bits per heavy atom. The van der Waals surface area contributed by atoms with Gasteiger partial charge in [0.2, 0.25) is 0 Å². The van der Waals surface area contributed by atoms with Gasteiger partial charge in [0.05, 0.1) is 19.3 Å². The van der Waals surface area contributed by atoms with E-state index in [0.29, 0.717) is 11.3 Å². The van der Waals surface area contributed by atoms with Gasteiger partial charge in [-0.15, -0.1) is 0 Å². The molecule has 0 saturated heterocycles. The maximum Gasteiger partial charge on any atom is 0.422 e. The van der Waals surface area contributed by atoms with Crippen molar-refractivity contribution in [1.82, 2.24) is 0 Å². The van der Waals surface area contributed by atoms with Crippen molar-refractivity contribution in [3.8, 4) is 5.75 Å². The molecule has 2 aromatic rings. The molecule has 2 aromatic carbocycles. The van der Waals surface area contributed by atoms with E-state index in [1.54, 1.807) is 37.3 Å². The Morgan fingerprint density at radius 2 is 1.79 bits per heavy atom. The van der Waals surface area contributed by atoms with Gasteiger partial charge in [-0.3, -0.25) is 0 Å². The lowest BCUT2D eigenvalue weighted by molar-refractivity contribution is -0.298. The Balaban J connectivity index is 2.12. The van der Waals surface area contributed by atoms with Gasteiger partial charge >= 0.3 is 12.1 Å². The minimum absolute atomic E-state index is 0.0615. The van der Waals surface area contributed by atoms with Crippen LogP contribution in [0.2, 0.25) is 0 Å². The zero-order chi connectivity index (χ0) is 21.1. The normalized spacial score (nSPS) is 22.0. The lowest BCUT2D eigenvalue weighted by Gasteiger charge is -2.42. The van der Waals surface area contributed by atoms with E-state index in [9.17, 15) is 18.0 Å². The van der Waals surface area contributed by atoms with E-state index in [4.69, 9.17) is 14.2 Å². The average Bonchev–Trinajstić information content (AvgIpc) is 2.73. The van der Waals surface area contributed by atoms with Gasteiger partial charge in [-0.05, 0) is 30.2 Å². The second-order valence-electron chi connectivity index (χ2n) is 6.55. The van der Waals surface area contributed by atoms with Crippen LogP contribution < -0.4 is 4.74 Å². The van der Waals surface area contributed by atoms with Crippen molar-refractivity contribution in [3.05, 3.63) is 77.4 Å². The minimum Gasteiger partial charge on any atom is -0.497 e. The summed E-state index contributed by atoms with van der Waals surface area (Å²) in [6.07, 6.45) is -5.20. The van der Waals surface area contributed by atoms with E-state index in [-0.39, 0.29) is 17.7 Å². The molecule has 1 aliphatic rings. The smallest absolute Gasteiger partial charge is 0.422 e. The number of rotatable bonds is 5. The van der Waals surface area contributed by atoms with E-state index in [0.717, 1.165) is 0 Å². The molecule has 0 aliphatic carbocycles. The minimum atomic E-state index is -4.72. The monoisotopic (exact) mass is 406 g/mol. The number of alkyl halides is 3. The SMILES string of the molecule is CCOC(=O)C1=CC[C@@](c2ccc(OC)cc2)(C(F)(F)F)O[C@@H]1c1ccccc1. The predicted molar refractivity (Wildman–Crippen MR) is 100 cm³/mol. The number of benzene rings is 2. The first kappa shape index (κ1) is 20.9. The van der Waals surface area contributed by atoms with Gasteiger partial charge in [-0.2, -0.15) is 13.2 Å². The highest BCUT2D eigenvalue weighted by Gasteiger charge is 2.60. The van der Waals surface area contributed by atoms with Crippen LogP contribution in [0.1, 0.15) is 30.6 Å². The summed E-state index contributed by atoms with van der Waals surface area (Å²) < 4.78 is 58.8. The molecular formula is C22H21F3O4. The van der Waals surface area contributed by atoms with Crippen molar-refractivity contribution >= 4 is 5.97 Å². The second kappa shape index (κ2) is 8.29. The zero-order valence-electron chi connectivity index (χ0n) is 16.0. The van der Waals surface area contributed by atoms with Crippen molar-refractivity contribution in [2.45, 2.75) is 31.2 Å². The molecule has 4 nitrogen and oxygen atoms in total. The van der Waals surface area contributed by atoms with E-state index in [2.05, 4.69) is 0 Å². The summed E-state index contributed by atoms with van der Waals surface area (Å²) in [5.41, 5.74) is -2.17. The molecule has 29 heavy (non-hydrogen) atoms. The molecule has 2 atom stereocenters. The molecule has 3 rings (SSSR count). The van der Waals surface area contributed by atoms with Gasteiger partial charge in [0.15, 0.2) is 5.60 Å².